The number of nitriles is 1. The predicted molar refractivity (Wildman–Crippen MR) is 118 cm³/mol. The van der Waals surface area contributed by atoms with Crippen molar-refractivity contribution in [2.45, 2.75) is 17.0 Å². The average molecular weight is 450 g/mol. The lowest BCUT2D eigenvalue weighted by atomic mass is 10.1. The van der Waals surface area contributed by atoms with Crippen LogP contribution in [0.15, 0.2) is 64.4 Å². The second-order valence-corrected chi connectivity index (χ2v) is 7.37. The van der Waals surface area contributed by atoms with Gasteiger partial charge < -0.3 is 14.6 Å². The molecule has 0 aliphatic rings. The molecule has 3 aromatic rings. The quantitative estimate of drug-likeness (QED) is 0.237. The minimum absolute atomic E-state index is 0.175. The van der Waals surface area contributed by atoms with Gasteiger partial charge in [-0.1, -0.05) is 18.2 Å². The molecular weight excluding hydrogens is 432 g/mol. The monoisotopic (exact) mass is 450 g/mol. The fourth-order valence-corrected chi connectivity index (χ4v) is 3.52. The lowest BCUT2D eigenvalue weighted by molar-refractivity contribution is -0.387. The number of ether oxygens (including phenoxy) is 1. The normalized spacial score (nSPS) is 11.0. The summed E-state index contributed by atoms with van der Waals surface area (Å²) in [6, 6.07) is 13.1. The Hall–Kier alpha value is -4.17. The third kappa shape index (κ3) is 5.30. The molecule has 0 bridgehead atoms. The summed E-state index contributed by atoms with van der Waals surface area (Å²) in [6.07, 6.45) is 2.79. The minimum Gasteiger partial charge on any atom is -0.492 e. The first-order chi connectivity index (χ1) is 15.4. The van der Waals surface area contributed by atoms with Crippen molar-refractivity contribution in [2.75, 3.05) is 11.9 Å². The number of nitro groups is 1. The molecule has 0 aliphatic heterocycles. The minimum atomic E-state index is -0.653. The van der Waals surface area contributed by atoms with E-state index < -0.39 is 10.8 Å². The lowest BCUT2D eigenvalue weighted by Gasteiger charge is -2.10. The molecule has 2 aromatic carbocycles. The first kappa shape index (κ1) is 22.5. The highest BCUT2D eigenvalue weighted by Crippen LogP contribution is 2.34. The molecule has 0 aliphatic carbocycles. The van der Waals surface area contributed by atoms with Crippen molar-refractivity contribution in [2.24, 2.45) is 7.05 Å². The van der Waals surface area contributed by atoms with Crippen LogP contribution in [0.3, 0.4) is 0 Å². The van der Waals surface area contributed by atoms with Crippen molar-refractivity contribution in [3.8, 4) is 11.8 Å². The summed E-state index contributed by atoms with van der Waals surface area (Å²) >= 11 is 1.09. The highest BCUT2D eigenvalue weighted by Gasteiger charge is 2.19. The summed E-state index contributed by atoms with van der Waals surface area (Å²) in [5.74, 6) is -0.179. The van der Waals surface area contributed by atoms with Crippen LogP contribution in [0.5, 0.6) is 5.75 Å². The van der Waals surface area contributed by atoms with Gasteiger partial charge in [0.05, 0.1) is 22.1 Å². The number of nitrogens with zero attached hydrogens (tertiary/aromatic N) is 5. The maximum absolute atomic E-state index is 12.6. The predicted octanol–water partition coefficient (Wildman–Crippen LogP) is 3.82. The Bertz CT molecular complexity index is 1230. The SMILES string of the molecule is CCOc1ccccc1NC(=O)/C(C#N)=C\c1ccc(Sc2nncn2C)c([N+](=O)[O-])c1. The summed E-state index contributed by atoms with van der Waals surface area (Å²) in [7, 11) is 1.73. The van der Waals surface area contributed by atoms with E-state index in [4.69, 9.17) is 4.74 Å². The highest BCUT2D eigenvalue weighted by atomic mass is 32.2. The maximum atomic E-state index is 12.6. The van der Waals surface area contributed by atoms with Crippen molar-refractivity contribution >= 4 is 35.1 Å². The average Bonchev–Trinajstić information content (AvgIpc) is 3.18. The number of hydrogen-bond acceptors (Lipinski definition) is 8. The van der Waals surface area contributed by atoms with Gasteiger partial charge in [-0.05, 0) is 48.5 Å². The lowest BCUT2D eigenvalue weighted by Crippen LogP contribution is -2.14. The summed E-state index contributed by atoms with van der Waals surface area (Å²) in [5.41, 5.74) is 0.371. The van der Waals surface area contributed by atoms with Gasteiger partial charge in [0.2, 0.25) is 0 Å². The Balaban J connectivity index is 1.87. The molecule has 1 amide bonds. The summed E-state index contributed by atoms with van der Waals surface area (Å²) in [4.78, 5) is 24.0. The number of aryl methyl sites for hydroxylation is 1. The van der Waals surface area contributed by atoms with E-state index in [1.807, 2.05) is 13.0 Å². The van der Waals surface area contributed by atoms with E-state index in [9.17, 15) is 20.2 Å². The molecule has 1 aromatic heterocycles. The molecule has 0 radical (unpaired) electrons. The van der Waals surface area contributed by atoms with Crippen LogP contribution in [-0.2, 0) is 11.8 Å². The molecule has 1 heterocycles. The smallest absolute Gasteiger partial charge is 0.283 e. The van der Waals surface area contributed by atoms with Crippen LogP contribution in [-0.4, -0.2) is 32.2 Å². The largest absolute Gasteiger partial charge is 0.492 e. The molecule has 162 valence electrons. The van der Waals surface area contributed by atoms with Crippen LogP contribution in [0.4, 0.5) is 11.4 Å². The molecule has 0 saturated heterocycles. The van der Waals surface area contributed by atoms with E-state index in [1.165, 1.54) is 18.5 Å². The van der Waals surface area contributed by atoms with Gasteiger partial charge in [-0.2, -0.15) is 5.26 Å². The number of nitro benzene ring substituents is 1. The number of para-hydroxylation sites is 2. The van der Waals surface area contributed by atoms with E-state index in [0.29, 0.717) is 33.7 Å². The highest BCUT2D eigenvalue weighted by molar-refractivity contribution is 7.99. The van der Waals surface area contributed by atoms with Crippen LogP contribution in [0.2, 0.25) is 0 Å². The van der Waals surface area contributed by atoms with Crippen molar-refractivity contribution in [1.29, 1.82) is 5.26 Å². The summed E-state index contributed by atoms with van der Waals surface area (Å²) < 4.78 is 7.11. The van der Waals surface area contributed by atoms with Gasteiger partial charge in [0.15, 0.2) is 5.16 Å². The Labute approximate surface area is 187 Å². The zero-order chi connectivity index (χ0) is 23.1. The molecule has 1 N–H and O–H groups in total. The summed E-state index contributed by atoms with van der Waals surface area (Å²) in [5, 5.41) is 31.9. The van der Waals surface area contributed by atoms with E-state index in [0.717, 1.165) is 11.8 Å². The molecule has 0 atom stereocenters. The second-order valence-electron chi connectivity index (χ2n) is 6.36. The van der Waals surface area contributed by atoms with Crippen LogP contribution in [0.1, 0.15) is 12.5 Å². The Morgan fingerprint density at radius 2 is 2.16 bits per heavy atom. The number of nitrogens with one attached hydrogen (secondary N) is 1. The molecular formula is C21H18N6O4S. The number of carbonyl (C=O) groups is 1. The number of carbonyl (C=O) groups excluding carboxylic acids is 1. The molecule has 0 unspecified atom stereocenters. The molecule has 10 nitrogen and oxygen atoms in total. The van der Waals surface area contributed by atoms with Crippen LogP contribution in [0.25, 0.3) is 6.08 Å². The van der Waals surface area contributed by atoms with Crippen molar-refractivity contribution in [3.63, 3.8) is 0 Å². The van der Waals surface area contributed by atoms with Crippen LogP contribution in [0, 0.1) is 21.4 Å². The molecule has 0 spiro atoms. The van der Waals surface area contributed by atoms with E-state index in [-0.39, 0.29) is 11.3 Å². The Morgan fingerprint density at radius 1 is 1.38 bits per heavy atom. The number of rotatable bonds is 8. The van der Waals surface area contributed by atoms with Gasteiger partial charge in [-0.15, -0.1) is 10.2 Å². The van der Waals surface area contributed by atoms with Crippen molar-refractivity contribution in [1.82, 2.24) is 14.8 Å². The Kier molecular flexibility index (Phi) is 7.20. The number of benzene rings is 2. The third-order valence-corrected chi connectivity index (χ3v) is 5.28. The number of anilines is 1. The van der Waals surface area contributed by atoms with Crippen molar-refractivity contribution < 1.29 is 14.5 Å². The summed E-state index contributed by atoms with van der Waals surface area (Å²) in [6.45, 7) is 2.23. The molecule has 11 heteroatoms. The van der Waals surface area contributed by atoms with Gasteiger partial charge in [-0.25, -0.2) is 0 Å². The van der Waals surface area contributed by atoms with Crippen LogP contribution < -0.4 is 10.1 Å². The first-order valence-corrected chi connectivity index (χ1v) is 10.2. The molecule has 32 heavy (non-hydrogen) atoms. The zero-order valence-electron chi connectivity index (χ0n) is 17.2. The molecule has 3 rings (SSSR count). The van der Waals surface area contributed by atoms with Gasteiger partial charge in [0.1, 0.15) is 23.7 Å². The molecule has 0 fully saturated rings. The standard InChI is InChI=1S/C21H18N6O4S/c1-3-31-18-7-5-4-6-16(18)24-20(28)15(12-22)10-14-8-9-19(17(11-14)27(29)30)32-21-25-23-13-26(21)2/h4-11,13H,3H2,1-2H3,(H,24,28)/b15-10-. The van der Waals surface area contributed by atoms with E-state index in [1.54, 1.807) is 48.0 Å². The van der Waals surface area contributed by atoms with Gasteiger partial charge in [0.25, 0.3) is 11.6 Å². The second kappa shape index (κ2) is 10.2. The zero-order valence-corrected chi connectivity index (χ0v) is 18.0. The number of amides is 1. The first-order valence-electron chi connectivity index (χ1n) is 9.38. The van der Waals surface area contributed by atoms with E-state index in [2.05, 4.69) is 15.5 Å². The Morgan fingerprint density at radius 3 is 2.81 bits per heavy atom. The topological polar surface area (TPSA) is 136 Å². The van der Waals surface area contributed by atoms with Gasteiger partial charge >= 0.3 is 0 Å². The number of hydrogen-bond donors (Lipinski definition) is 1. The fraction of sp³-hybridized carbons (Fsp3) is 0.143. The maximum Gasteiger partial charge on any atom is 0.283 e. The number of aromatic nitrogens is 3. The van der Waals surface area contributed by atoms with Gasteiger partial charge in [0, 0.05) is 13.1 Å². The van der Waals surface area contributed by atoms with Crippen molar-refractivity contribution in [3.05, 3.63) is 70.0 Å². The molecule has 0 saturated carbocycles. The van der Waals surface area contributed by atoms with Gasteiger partial charge in [-0.3, -0.25) is 14.9 Å². The van der Waals surface area contributed by atoms with E-state index >= 15 is 0 Å². The third-order valence-electron chi connectivity index (χ3n) is 4.16. The fourth-order valence-electron chi connectivity index (χ4n) is 2.67. The van der Waals surface area contributed by atoms with Crippen LogP contribution >= 0.6 is 11.8 Å².